The Morgan fingerprint density at radius 3 is 2.52 bits per heavy atom. The van der Waals surface area contributed by atoms with E-state index in [1.54, 1.807) is 0 Å². The molecule has 0 aliphatic rings. The summed E-state index contributed by atoms with van der Waals surface area (Å²) >= 11 is 0. The molecule has 3 rings (SSSR count). The Labute approximate surface area is 123 Å². The van der Waals surface area contributed by atoms with E-state index in [9.17, 15) is 0 Å². The summed E-state index contributed by atoms with van der Waals surface area (Å²) in [6.45, 7) is 4.63. The molecule has 6 heteroatoms. The minimum absolute atomic E-state index is 0.723. The van der Waals surface area contributed by atoms with Gasteiger partial charge in [0, 0.05) is 18.3 Å². The highest BCUT2D eigenvalue weighted by atomic mass is 15.2. The Hall–Kier alpha value is -2.63. The van der Waals surface area contributed by atoms with E-state index < -0.39 is 0 Å². The van der Waals surface area contributed by atoms with Crippen LogP contribution < -0.4 is 5.32 Å². The number of hydrogen-bond donors (Lipinski definition) is 2. The highest BCUT2D eigenvalue weighted by Crippen LogP contribution is 2.18. The van der Waals surface area contributed by atoms with E-state index in [4.69, 9.17) is 0 Å². The molecule has 6 nitrogen and oxygen atoms in total. The van der Waals surface area contributed by atoms with Crippen LogP contribution in [-0.2, 0) is 13.6 Å². The molecular formula is C15H18N6. The molecule has 0 radical (unpaired) electrons. The van der Waals surface area contributed by atoms with Gasteiger partial charge in [-0.3, -0.25) is 5.10 Å². The Bertz CT molecular complexity index is 738. The third-order valence-corrected chi connectivity index (χ3v) is 3.53. The van der Waals surface area contributed by atoms with Gasteiger partial charge < -0.3 is 9.88 Å². The van der Waals surface area contributed by atoms with E-state index in [0.717, 1.165) is 41.0 Å². The van der Waals surface area contributed by atoms with E-state index in [0.29, 0.717) is 0 Å². The lowest BCUT2D eigenvalue weighted by Gasteiger charge is -2.08. The van der Waals surface area contributed by atoms with Crippen molar-refractivity contribution in [2.75, 3.05) is 5.32 Å². The van der Waals surface area contributed by atoms with Gasteiger partial charge in [0.2, 0.25) is 0 Å². The molecule has 0 aliphatic heterocycles. The Morgan fingerprint density at radius 1 is 1.19 bits per heavy atom. The molecule has 108 valence electrons. The van der Waals surface area contributed by atoms with E-state index in [-0.39, 0.29) is 0 Å². The van der Waals surface area contributed by atoms with Gasteiger partial charge in [0.15, 0.2) is 5.82 Å². The fourth-order valence-corrected chi connectivity index (χ4v) is 2.11. The molecule has 3 aromatic rings. The van der Waals surface area contributed by atoms with Crippen LogP contribution in [0, 0.1) is 13.8 Å². The van der Waals surface area contributed by atoms with Gasteiger partial charge in [-0.2, -0.15) is 5.10 Å². The van der Waals surface area contributed by atoms with Crippen LogP contribution in [-0.4, -0.2) is 24.7 Å². The van der Waals surface area contributed by atoms with Crippen LogP contribution in [0.2, 0.25) is 0 Å². The summed E-state index contributed by atoms with van der Waals surface area (Å²) in [6.07, 6.45) is 1.90. The van der Waals surface area contributed by atoms with Crippen LogP contribution in [0.15, 0.2) is 30.5 Å². The van der Waals surface area contributed by atoms with Crippen molar-refractivity contribution in [3.05, 3.63) is 47.8 Å². The van der Waals surface area contributed by atoms with E-state index in [1.165, 1.54) is 0 Å². The Morgan fingerprint density at radius 2 is 1.95 bits per heavy atom. The molecule has 2 N–H and O–H groups in total. The summed E-state index contributed by atoms with van der Waals surface area (Å²) in [6, 6.07) is 8.09. The molecule has 0 aliphatic carbocycles. The lowest BCUT2D eigenvalue weighted by Crippen LogP contribution is -2.05. The standard InChI is InChI=1S/C15H18N6/c1-10-18-15(20-19-10)12-4-6-13(7-5-12)17-9-14-8-16-11(2)21(14)3/h4-8,17H,9H2,1-3H3,(H,18,19,20). The average Bonchev–Trinajstić information content (AvgIpc) is 3.06. The van der Waals surface area contributed by atoms with Crippen LogP contribution in [0.3, 0.4) is 0 Å². The molecular weight excluding hydrogens is 264 g/mol. The highest BCUT2D eigenvalue weighted by molar-refractivity contribution is 5.59. The molecule has 0 bridgehead atoms. The minimum atomic E-state index is 0.723. The van der Waals surface area contributed by atoms with Crippen molar-refractivity contribution in [2.45, 2.75) is 20.4 Å². The number of rotatable bonds is 4. The number of nitrogens with zero attached hydrogens (tertiary/aromatic N) is 4. The number of aryl methyl sites for hydroxylation is 2. The zero-order chi connectivity index (χ0) is 14.8. The average molecular weight is 282 g/mol. The first kappa shape index (κ1) is 13.4. The lowest BCUT2D eigenvalue weighted by molar-refractivity contribution is 0.801. The fourth-order valence-electron chi connectivity index (χ4n) is 2.11. The number of nitrogens with one attached hydrogen (secondary N) is 2. The molecule has 2 aromatic heterocycles. The van der Waals surface area contributed by atoms with E-state index in [2.05, 4.69) is 30.0 Å². The van der Waals surface area contributed by atoms with Crippen molar-refractivity contribution in [1.82, 2.24) is 24.7 Å². The maximum absolute atomic E-state index is 4.32. The van der Waals surface area contributed by atoms with Gasteiger partial charge in [-0.1, -0.05) is 0 Å². The summed E-state index contributed by atoms with van der Waals surface area (Å²) in [5.74, 6) is 2.56. The van der Waals surface area contributed by atoms with Crippen LogP contribution in [0.5, 0.6) is 0 Å². The van der Waals surface area contributed by atoms with Crippen LogP contribution in [0.4, 0.5) is 5.69 Å². The summed E-state index contributed by atoms with van der Waals surface area (Å²) in [7, 11) is 2.02. The van der Waals surface area contributed by atoms with E-state index in [1.807, 2.05) is 51.4 Å². The summed E-state index contributed by atoms with van der Waals surface area (Å²) in [4.78, 5) is 8.61. The van der Waals surface area contributed by atoms with Crippen LogP contribution in [0.25, 0.3) is 11.4 Å². The van der Waals surface area contributed by atoms with Crippen molar-refractivity contribution < 1.29 is 0 Å². The first-order valence-corrected chi connectivity index (χ1v) is 6.84. The van der Waals surface area contributed by atoms with Gasteiger partial charge in [0.25, 0.3) is 0 Å². The smallest absolute Gasteiger partial charge is 0.181 e. The summed E-state index contributed by atoms with van der Waals surface area (Å²) < 4.78 is 2.08. The van der Waals surface area contributed by atoms with Crippen molar-refractivity contribution >= 4 is 5.69 Å². The largest absolute Gasteiger partial charge is 0.379 e. The summed E-state index contributed by atoms with van der Waals surface area (Å²) in [5.41, 5.74) is 3.22. The van der Waals surface area contributed by atoms with Crippen molar-refractivity contribution in [3.8, 4) is 11.4 Å². The molecule has 21 heavy (non-hydrogen) atoms. The molecule has 1 aromatic carbocycles. The van der Waals surface area contributed by atoms with E-state index >= 15 is 0 Å². The third kappa shape index (κ3) is 2.79. The molecule has 0 atom stereocenters. The Balaban J connectivity index is 1.68. The molecule has 0 unspecified atom stereocenters. The van der Waals surface area contributed by atoms with Crippen LogP contribution >= 0.6 is 0 Å². The molecule has 0 saturated heterocycles. The molecule has 0 fully saturated rings. The molecule has 2 heterocycles. The van der Waals surface area contributed by atoms with Gasteiger partial charge in [-0.15, -0.1) is 0 Å². The van der Waals surface area contributed by atoms with Gasteiger partial charge in [-0.25, -0.2) is 9.97 Å². The SMILES string of the molecule is Cc1nc(-c2ccc(NCc3cnc(C)n3C)cc2)n[nH]1. The predicted molar refractivity (Wildman–Crippen MR) is 81.8 cm³/mol. The number of aromatic amines is 1. The van der Waals surface area contributed by atoms with Gasteiger partial charge in [-0.05, 0) is 38.1 Å². The maximum atomic E-state index is 4.32. The fraction of sp³-hybridized carbons (Fsp3) is 0.267. The zero-order valence-corrected chi connectivity index (χ0v) is 12.4. The molecule has 0 amide bonds. The monoisotopic (exact) mass is 282 g/mol. The minimum Gasteiger partial charge on any atom is -0.379 e. The number of hydrogen-bond acceptors (Lipinski definition) is 4. The third-order valence-electron chi connectivity index (χ3n) is 3.53. The number of benzene rings is 1. The van der Waals surface area contributed by atoms with Gasteiger partial charge in [0.1, 0.15) is 11.6 Å². The zero-order valence-electron chi connectivity index (χ0n) is 12.4. The summed E-state index contributed by atoms with van der Waals surface area (Å²) in [5, 5.41) is 10.4. The number of aromatic nitrogens is 5. The van der Waals surface area contributed by atoms with Gasteiger partial charge in [0.05, 0.1) is 18.4 Å². The van der Waals surface area contributed by atoms with Crippen LogP contribution in [0.1, 0.15) is 17.3 Å². The maximum Gasteiger partial charge on any atom is 0.181 e. The number of imidazole rings is 1. The quantitative estimate of drug-likeness (QED) is 0.771. The first-order valence-electron chi connectivity index (χ1n) is 6.84. The van der Waals surface area contributed by atoms with Crippen molar-refractivity contribution in [1.29, 1.82) is 0 Å². The predicted octanol–water partition coefficient (Wildman–Crippen LogP) is 2.43. The normalized spacial score (nSPS) is 10.8. The number of H-pyrrole nitrogens is 1. The van der Waals surface area contributed by atoms with Crippen molar-refractivity contribution in [2.24, 2.45) is 7.05 Å². The first-order chi connectivity index (χ1) is 10.1. The highest BCUT2D eigenvalue weighted by Gasteiger charge is 2.05. The second-order valence-corrected chi connectivity index (χ2v) is 5.03. The Kier molecular flexibility index (Phi) is 3.43. The second-order valence-electron chi connectivity index (χ2n) is 5.03. The number of anilines is 1. The van der Waals surface area contributed by atoms with Gasteiger partial charge >= 0.3 is 0 Å². The molecule has 0 saturated carbocycles. The second kappa shape index (κ2) is 5.40. The topological polar surface area (TPSA) is 71.4 Å². The molecule has 0 spiro atoms. The van der Waals surface area contributed by atoms with Crippen molar-refractivity contribution in [3.63, 3.8) is 0 Å². The lowest BCUT2D eigenvalue weighted by atomic mass is 10.2.